The van der Waals surface area contributed by atoms with E-state index >= 15 is 0 Å². The number of nitrogens with zero attached hydrogens (tertiary/aromatic N) is 1. The van der Waals surface area contributed by atoms with Crippen LogP contribution >= 0.6 is 39.1 Å². The molecule has 0 aliphatic carbocycles. The number of hydrogen-bond donors (Lipinski definition) is 1. The summed E-state index contributed by atoms with van der Waals surface area (Å²) >= 11 is 15.8. The maximum absolute atomic E-state index is 13.1. The number of hydrogen-bond acceptors (Lipinski definition) is 6. The van der Waals surface area contributed by atoms with Crippen LogP contribution in [-0.4, -0.2) is 24.6 Å². The quantitative estimate of drug-likeness (QED) is 0.302. The number of anilines is 1. The first-order chi connectivity index (χ1) is 17.3. The lowest BCUT2D eigenvalue weighted by Crippen LogP contribution is -2.54. The summed E-state index contributed by atoms with van der Waals surface area (Å²) in [7, 11) is 0. The molecule has 0 unspecified atom stereocenters. The number of carbonyl (C=O) groups is 3. The summed E-state index contributed by atoms with van der Waals surface area (Å²) in [4.78, 5) is 38.8. The number of fused-ring (bicyclic) bond motifs is 1. The van der Waals surface area contributed by atoms with E-state index in [1.165, 1.54) is 30.3 Å². The Bertz CT molecular complexity index is 1420. The van der Waals surface area contributed by atoms with E-state index in [4.69, 9.17) is 37.4 Å². The fraction of sp³-hybridized carbons (Fsp3) is 0.0800. The first-order valence-corrected chi connectivity index (χ1v) is 12.0. The topological polar surface area (TPSA) is 94.2 Å². The van der Waals surface area contributed by atoms with Crippen LogP contribution in [0.4, 0.5) is 10.5 Å². The summed E-state index contributed by atoms with van der Waals surface area (Å²) in [6.45, 7) is 0.397. The number of benzene rings is 3. The molecule has 0 saturated carbocycles. The van der Waals surface area contributed by atoms with Gasteiger partial charge < -0.3 is 14.2 Å². The van der Waals surface area contributed by atoms with Gasteiger partial charge in [0.1, 0.15) is 12.2 Å². The van der Waals surface area contributed by atoms with Gasteiger partial charge in [-0.2, -0.15) is 0 Å². The first-order valence-electron chi connectivity index (χ1n) is 10.5. The Balaban J connectivity index is 1.38. The van der Waals surface area contributed by atoms with Gasteiger partial charge in [-0.3, -0.25) is 14.9 Å². The van der Waals surface area contributed by atoms with E-state index in [1.807, 2.05) is 12.1 Å². The maximum atomic E-state index is 13.1. The van der Waals surface area contributed by atoms with E-state index in [0.717, 1.165) is 10.5 Å². The van der Waals surface area contributed by atoms with Crippen molar-refractivity contribution in [1.82, 2.24) is 5.32 Å². The molecule has 5 rings (SSSR count). The van der Waals surface area contributed by atoms with Crippen LogP contribution in [-0.2, 0) is 16.2 Å². The smallest absolute Gasteiger partial charge is 0.335 e. The molecular formula is C25H15BrCl2N2O6. The van der Waals surface area contributed by atoms with E-state index in [1.54, 1.807) is 18.2 Å². The minimum Gasteiger partial charge on any atom is -0.486 e. The first kappa shape index (κ1) is 24.2. The summed E-state index contributed by atoms with van der Waals surface area (Å²) in [5, 5.41) is 2.87. The normalized spacial score (nSPS) is 15.9. The van der Waals surface area contributed by atoms with Crippen molar-refractivity contribution in [3.63, 3.8) is 0 Å². The molecule has 2 aliphatic rings. The van der Waals surface area contributed by atoms with Gasteiger partial charge in [0.25, 0.3) is 11.8 Å². The van der Waals surface area contributed by atoms with Crippen LogP contribution in [0.15, 0.2) is 64.6 Å². The van der Waals surface area contributed by atoms with Crippen LogP contribution in [0.5, 0.6) is 17.2 Å². The average molecular weight is 590 g/mol. The third-order valence-corrected chi connectivity index (χ3v) is 6.46. The highest BCUT2D eigenvalue weighted by Crippen LogP contribution is 2.37. The summed E-state index contributed by atoms with van der Waals surface area (Å²) in [5.41, 5.74) is 1.34. The molecule has 1 fully saturated rings. The number of urea groups is 1. The minimum atomic E-state index is -0.851. The third kappa shape index (κ3) is 4.77. The molecule has 0 radical (unpaired) electrons. The molecule has 1 N–H and O–H groups in total. The minimum absolute atomic E-state index is 0.181. The lowest BCUT2D eigenvalue weighted by Gasteiger charge is -2.26. The number of carbonyl (C=O) groups excluding carboxylic acids is 3. The van der Waals surface area contributed by atoms with E-state index in [2.05, 4.69) is 21.2 Å². The molecule has 0 atom stereocenters. The van der Waals surface area contributed by atoms with Crippen LogP contribution in [0.1, 0.15) is 11.1 Å². The van der Waals surface area contributed by atoms with Crippen molar-refractivity contribution in [3.05, 3.63) is 85.8 Å². The Kier molecular flexibility index (Phi) is 6.61. The molecule has 8 nitrogen and oxygen atoms in total. The number of imide groups is 2. The molecular weight excluding hydrogens is 575 g/mol. The molecule has 1 saturated heterocycles. The monoisotopic (exact) mass is 588 g/mol. The van der Waals surface area contributed by atoms with Crippen LogP contribution in [0.3, 0.4) is 0 Å². The number of nitrogens with one attached hydrogen (secondary N) is 1. The largest absolute Gasteiger partial charge is 0.486 e. The summed E-state index contributed by atoms with van der Waals surface area (Å²) in [6.07, 6.45) is 1.35. The molecule has 36 heavy (non-hydrogen) atoms. The van der Waals surface area contributed by atoms with Crippen LogP contribution in [0.2, 0.25) is 10.0 Å². The van der Waals surface area contributed by atoms with Crippen molar-refractivity contribution in [2.45, 2.75) is 6.61 Å². The highest BCUT2D eigenvalue weighted by molar-refractivity contribution is 9.10. The van der Waals surface area contributed by atoms with E-state index in [0.29, 0.717) is 32.3 Å². The lowest BCUT2D eigenvalue weighted by atomic mass is 10.1. The number of rotatable bonds is 5. The Morgan fingerprint density at radius 2 is 1.75 bits per heavy atom. The molecule has 3 aromatic carbocycles. The number of ether oxygens (including phenoxy) is 3. The van der Waals surface area contributed by atoms with E-state index in [9.17, 15) is 14.4 Å². The van der Waals surface area contributed by atoms with Gasteiger partial charge in [-0.25, -0.2) is 9.69 Å². The van der Waals surface area contributed by atoms with Gasteiger partial charge in [-0.15, -0.1) is 0 Å². The van der Waals surface area contributed by atoms with E-state index < -0.39 is 17.8 Å². The average Bonchev–Trinajstić information content (AvgIpc) is 3.30. The van der Waals surface area contributed by atoms with Gasteiger partial charge in [-0.1, -0.05) is 29.3 Å². The SMILES string of the molecule is O=C1NC(=O)N(c2ccc(Cl)cc2)C(=O)/C1=C/c1cc(Cl)c(OCc2ccc3c(c2)OCO3)c(Br)c1. The van der Waals surface area contributed by atoms with Crippen molar-refractivity contribution in [1.29, 1.82) is 0 Å². The second-order valence-corrected chi connectivity index (χ2v) is 9.42. The van der Waals surface area contributed by atoms with Crippen molar-refractivity contribution < 1.29 is 28.6 Å². The van der Waals surface area contributed by atoms with Gasteiger partial charge in [0.05, 0.1) is 15.2 Å². The van der Waals surface area contributed by atoms with E-state index in [-0.39, 0.29) is 29.7 Å². The standard InChI is InChI=1S/C25H15BrCl2N2O6/c26-18-8-14(9-19(28)22(18)34-11-13-1-6-20-21(10-13)36-12-35-20)7-17-23(31)29-25(33)30(24(17)32)16-4-2-15(27)3-5-16/h1-10H,11-12H2,(H,29,31,33)/b17-7+. The molecule has 0 bridgehead atoms. The molecule has 4 amide bonds. The zero-order chi connectivity index (χ0) is 25.4. The Labute approximate surface area is 223 Å². The number of halogens is 3. The Hall–Kier alpha value is -3.53. The second-order valence-electron chi connectivity index (χ2n) is 7.72. The zero-order valence-electron chi connectivity index (χ0n) is 18.2. The Morgan fingerprint density at radius 1 is 1.00 bits per heavy atom. The van der Waals surface area contributed by atoms with Crippen LogP contribution in [0, 0.1) is 0 Å². The van der Waals surface area contributed by atoms with Gasteiger partial charge in [0, 0.05) is 5.02 Å². The molecule has 0 spiro atoms. The van der Waals surface area contributed by atoms with Crippen LogP contribution < -0.4 is 24.4 Å². The fourth-order valence-corrected chi connectivity index (χ4v) is 4.75. The van der Waals surface area contributed by atoms with Gasteiger partial charge >= 0.3 is 6.03 Å². The van der Waals surface area contributed by atoms with Crippen LogP contribution in [0.25, 0.3) is 6.08 Å². The molecule has 0 aromatic heterocycles. The van der Waals surface area contributed by atoms with Crippen molar-refractivity contribution in [3.8, 4) is 17.2 Å². The molecule has 11 heteroatoms. The summed E-state index contributed by atoms with van der Waals surface area (Å²) in [5.74, 6) is 0.110. The van der Waals surface area contributed by atoms with Gasteiger partial charge in [0.2, 0.25) is 6.79 Å². The molecule has 3 aromatic rings. The molecule has 2 aliphatic heterocycles. The second kappa shape index (κ2) is 9.85. The predicted octanol–water partition coefficient (Wildman–Crippen LogP) is 5.73. The number of amides is 4. The molecule has 182 valence electrons. The summed E-state index contributed by atoms with van der Waals surface area (Å²) in [6, 6.07) is 13.9. The van der Waals surface area contributed by atoms with Crippen molar-refractivity contribution in [2.75, 3.05) is 11.7 Å². The van der Waals surface area contributed by atoms with Gasteiger partial charge in [0.15, 0.2) is 17.2 Å². The summed E-state index contributed by atoms with van der Waals surface area (Å²) < 4.78 is 17.1. The lowest BCUT2D eigenvalue weighted by molar-refractivity contribution is -0.122. The molecule has 2 heterocycles. The Morgan fingerprint density at radius 3 is 2.50 bits per heavy atom. The fourth-order valence-electron chi connectivity index (χ4n) is 3.64. The maximum Gasteiger partial charge on any atom is 0.335 e. The zero-order valence-corrected chi connectivity index (χ0v) is 21.3. The highest BCUT2D eigenvalue weighted by atomic mass is 79.9. The van der Waals surface area contributed by atoms with Gasteiger partial charge in [-0.05, 0) is 81.7 Å². The highest BCUT2D eigenvalue weighted by Gasteiger charge is 2.36. The van der Waals surface area contributed by atoms with Crippen molar-refractivity contribution >= 4 is 68.7 Å². The van der Waals surface area contributed by atoms with Crippen molar-refractivity contribution in [2.24, 2.45) is 0 Å². The third-order valence-electron chi connectivity index (χ3n) is 5.34. The predicted molar refractivity (Wildman–Crippen MR) is 137 cm³/mol. The number of barbiturate groups is 1.